The van der Waals surface area contributed by atoms with Gasteiger partial charge < -0.3 is 9.47 Å². The summed E-state index contributed by atoms with van der Waals surface area (Å²) >= 11 is 0. The van der Waals surface area contributed by atoms with Gasteiger partial charge in [-0.25, -0.2) is 13.1 Å². The molecule has 15 heavy (non-hydrogen) atoms. The fourth-order valence-corrected chi connectivity index (χ4v) is 1.16. The van der Waals surface area contributed by atoms with Crippen molar-refractivity contribution in [3.63, 3.8) is 0 Å². The van der Waals surface area contributed by atoms with Crippen LogP contribution in [0.15, 0.2) is 12.0 Å². The number of esters is 1. The molecule has 0 unspecified atom stereocenters. The summed E-state index contributed by atoms with van der Waals surface area (Å²) in [4.78, 5) is 10.6. The van der Waals surface area contributed by atoms with Crippen molar-refractivity contribution in [2.45, 2.75) is 6.42 Å². The van der Waals surface area contributed by atoms with Crippen LogP contribution in [-0.2, 0) is 24.3 Å². The molecule has 0 radical (unpaired) electrons. The SMILES string of the molecule is C=CS(=O)(=O)NCCOCCC(=O)OC. The number of hydrogen-bond donors (Lipinski definition) is 1. The van der Waals surface area contributed by atoms with Crippen LogP contribution in [0.3, 0.4) is 0 Å². The van der Waals surface area contributed by atoms with Crippen LogP contribution < -0.4 is 4.72 Å². The van der Waals surface area contributed by atoms with Crippen molar-refractivity contribution in [1.29, 1.82) is 0 Å². The van der Waals surface area contributed by atoms with Crippen molar-refractivity contribution in [2.75, 3.05) is 26.9 Å². The number of carbonyl (C=O) groups is 1. The van der Waals surface area contributed by atoms with E-state index in [0.717, 1.165) is 5.41 Å². The Morgan fingerprint density at radius 1 is 1.47 bits per heavy atom. The molecule has 0 aromatic heterocycles. The Balaban J connectivity index is 3.41. The predicted molar refractivity (Wildman–Crippen MR) is 54.6 cm³/mol. The summed E-state index contributed by atoms with van der Waals surface area (Å²) in [5.41, 5.74) is 0. The van der Waals surface area contributed by atoms with Crippen LogP contribution in [0.2, 0.25) is 0 Å². The number of ether oxygens (including phenoxy) is 2. The highest BCUT2D eigenvalue weighted by Gasteiger charge is 2.02. The van der Waals surface area contributed by atoms with E-state index in [4.69, 9.17) is 4.74 Å². The standard InChI is InChI=1S/C8H15NO5S/c1-3-15(11,12)9-5-7-14-6-4-8(10)13-2/h3,9H,1,4-7H2,2H3. The lowest BCUT2D eigenvalue weighted by atomic mass is 10.5. The maximum Gasteiger partial charge on any atom is 0.307 e. The molecular formula is C8H15NO5S. The van der Waals surface area contributed by atoms with Gasteiger partial charge in [0.05, 0.1) is 26.7 Å². The first-order chi connectivity index (χ1) is 7.02. The minimum absolute atomic E-state index is 0.148. The van der Waals surface area contributed by atoms with Crippen LogP contribution in [0, 0.1) is 0 Å². The van der Waals surface area contributed by atoms with Gasteiger partial charge in [-0.3, -0.25) is 4.79 Å². The fourth-order valence-electron chi connectivity index (χ4n) is 0.675. The van der Waals surface area contributed by atoms with Crippen LogP contribution in [0.1, 0.15) is 6.42 Å². The summed E-state index contributed by atoms with van der Waals surface area (Å²) in [6.07, 6.45) is 0.157. The van der Waals surface area contributed by atoms with E-state index in [-0.39, 0.29) is 32.1 Å². The highest BCUT2D eigenvalue weighted by Crippen LogP contribution is 1.87. The van der Waals surface area contributed by atoms with Crippen LogP contribution in [0.4, 0.5) is 0 Å². The Bertz CT molecular complexity index is 298. The normalized spacial score (nSPS) is 11.0. The third kappa shape index (κ3) is 8.10. The van der Waals surface area contributed by atoms with Crippen molar-refractivity contribution in [3.8, 4) is 0 Å². The zero-order chi connectivity index (χ0) is 11.7. The second-order valence-corrected chi connectivity index (χ2v) is 4.26. The summed E-state index contributed by atoms with van der Waals surface area (Å²) in [6, 6.07) is 0. The molecule has 0 amide bonds. The van der Waals surface area contributed by atoms with Gasteiger partial charge >= 0.3 is 5.97 Å². The molecule has 0 spiro atoms. The topological polar surface area (TPSA) is 81.7 Å². The number of hydrogen-bond acceptors (Lipinski definition) is 5. The summed E-state index contributed by atoms with van der Waals surface area (Å²) < 4.78 is 33.2. The van der Waals surface area contributed by atoms with Gasteiger partial charge in [-0.05, 0) is 0 Å². The van der Waals surface area contributed by atoms with Crippen LogP contribution in [0.25, 0.3) is 0 Å². The number of rotatable bonds is 8. The number of nitrogens with one attached hydrogen (secondary N) is 1. The zero-order valence-electron chi connectivity index (χ0n) is 8.56. The lowest BCUT2D eigenvalue weighted by Crippen LogP contribution is -2.25. The molecule has 0 aliphatic rings. The van der Waals surface area contributed by atoms with Gasteiger partial charge in [-0.1, -0.05) is 6.58 Å². The maximum atomic E-state index is 10.8. The molecule has 0 rings (SSSR count). The van der Waals surface area contributed by atoms with E-state index in [0.29, 0.717) is 0 Å². The van der Waals surface area contributed by atoms with E-state index in [1.54, 1.807) is 0 Å². The molecule has 7 heteroatoms. The highest BCUT2D eigenvalue weighted by atomic mass is 32.2. The molecule has 1 N–H and O–H groups in total. The Morgan fingerprint density at radius 3 is 2.67 bits per heavy atom. The molecule has 0 saturated heterocycles. The smallest absolute Gasteiger partial charge is 0.307 e. The maximum absolute atomic E-state index is 10.8. The molecule has 88 valence electrons. The monoisotopic (exact) mass is 237 g/mol. The average molecular weight is 237 g/mol. The van der Waals surface area contributed by atoms with Crippen LogP contribution in [0.5, 0.6) is 0 Å². The summed E-state index contributed by atoms with van der Waals surface area (Å²) in [6.45, 7) is 3.69. The summed E-state index contributed by atoms with van der Waals surface area (Å²) in [7, 11) is -2.09. The molecule has 6 nitrogen and oxygen atoms in total. The van der Waals surface area contributed by atoms with Gasteiger partial charge in [0, 0.05) is 12.0 Å². The van der Waals surface area contributed by atoms with Gasteiger partial charge in [0.2, 0.25) is 10.0 Å². The quantitative estimate of drug-likeness (QED) is 0.460. The number of carbonyl (C=O) groups excluding carboxylic acids is 1. The Morgan fingerprint density at radius 2 is 2.13 bits per heavy atom. The first kappa shape index (κ1) is 14.1. The van der Waals surface area contributed by atoms with Crippen molar-refractivity contribution in [3.05, 3.63) is 12.0 Å². The predicted octanol–water partition coefficient (Wildman–Crippen LogP) is -0.371. The number of sulfonamides is 1. The van der Waals surface area contributed by atoms with E-state index in [1.807, 2.05) is 0 Å². The van der Waals surface area contributed by atoms with E-state index < -0.39 is 10.0 Å². The van der Waals surface area contributed by atoms with Crippen molar-refractivity contribution >= 4 is 16.0 Å². The third-order valence-corrected chi connectivity index (χ3v) is 2.49. The van der Waals surface area contributed by atoms with E-state index in [1.165, 1.54) is 7.11 Å². The van der Waals surface area contributed by atoms with Crippen LogP contribution >= 0.6 is 0 Å². The first-order valence-electron chi connectivity index (χ1n) is 4.28. The van der Waals surface area contributed by atoms with Crippen molar-refractivity contribution in [1.82, 2.24) is 4.72 Å². The van der Waals surface area contributed by atoms with E-state index in [2.05, 4.69) is 16.0 Å². The zero-order valence-corrected chi connectivity index (χ0v) is 9.38. The second kappa shape index (κ2) is 7.38. The summed E-state index contributed by atoms with van der Waals surface area (Å²) in [5.74, 6) is -0.360. The van der Waals surface area contributed by atoms with E-state index >= 15 is 0 Å². The highest BCUT2D eigenvalue weighted by molar-refractivity contribution is 7.92. The number of methoxy groups -OCH3 is 1. The van der Waals surface area contributed by atoms with Crippen molar-refractivity contribution in [2.24, 2.45) is 0 Å². The molecule has 0 fully saturated rings. The average Bonchev–Trinajstić information content (AvgIpc) is 2.22. The van der Waals surface area contributed by atoms with Gasteiger partial charge in [0.15, 0.2) is 0 Å². The molecule has 0 aromatic carbocycles. The Hall–Kier alpha value is -0.920. The lowest BCUT2D eigenvalue weighted by Gasteiger charge is -2.04. The molecule has 0 atom stereocenters. The minimum atomic E-state index is -3.39. The van der Waals surface area contributed by atoms with Gasteiger partial charge in [-0.15, -0.1) is 0 Å². The minimum Gasteiger partial charge on any atom is -0.469 e. The molecule has 0 aliphatic heterocycles. The Kier molecular flexibility index (Phi) is 6.93. The van der Waals surface area contributed by atoms with E-state index in [9.17, 15) is 13.2 Å². The largest absolute Gasteiger partial charge is 0.469 e. The Labute approximate surface area is 89.3 Å². The summed E-state index contributed by atoms with van der Waals surface area (Å²) in [5, 5.41) is 0.821. The van der Waals surface area contributed by atoms with Crippen molar-refractivity contribution < 1.29 is 22.7 Å². The first-order valence-corrected chi connectivity index (χ1v) is 5.83. The fraction of sp³-hybridized carbons (Fsp3) is 0.625. The van der Waals surface area contributed by atoms with Gasteiger partial charge in [0.25, 0.3) is 0 Å². The lowest BCUT2D eigenvalue weighted by molar-refractivity contribution is -0.141. The van der Waals surface area contributed by atoms with Gasteiger partial charge in [0.1, 0.15) is 0 Å². The molecular weight excluding hydrogens is 222 g/mol. The molecule has 0 heterocycles. The van der Waals surface area contributed by atoms with Gasteiger partial charge in [-0.2, -0.15) is 0 Å². The molecule has 0 bridgehead atoms. The second-order valence-electron chi connectivity index (χ2n) is 2.54. The molecule has 0 aliphatic carbocycles. The molecule has 0 saturated carbocycles. The third-order valence-electron chi connectivity index (χ3n) is 1.45. The molecule has 0 aromatic rings. The van der Waals surface area contributed by atoms with Crippen LogP contribution in [-0.4, -0.2) is 41.3 Å².